The Bertz CT molecular complexity index is 844. The van der Waals surface area contributed by atoms with E-state index in [4.69, 9.17) is 5.73 Å². The SMILES string of the molecule is Cc1ccc([N+](=O)[O-])cc1S(=O)(=O)N(CCN)CCc1ccccc1.Cl. The van der Waals surface area contributed by atoms with Crippen LogP contribution in [0, 0.1) is 17.0 Å². The smallest absolute Gasteiger partial charge is 0.270 e. The van der Waals surface area contributed by atoms with Gasteiger partial charge in [-0.1, -0.05) is 36.4 Å². The molecule has 0 radical (unpaired) electrons. The summed E-state index contributed by atoms with van der Waals surface area (Å²) in [6.07, 6.45) is 0.536. The fourth-order valence-corrected chi connectivity index (χ4v) is 4.21. The average molecular weight is 400 g/mol. The first-order chi connectivity index (χ1) is 11.9. The molecule has 2 aromatic carbocycles. The number of hydrogen-bond donors (Lipinski definition) is 1. The van der Waals surface area contributed by atoms with Crippen molar-refractivity contribution >= 4 is 28.1 Å². The highest BCUT2D eigenvalue weighted by molar-refractivity contribution is 7.89. The molecular formula is C17H22ClN3O4S. The van der Waals surface area contributed by atoms with Crippen molar-refractivity contribution in [3.8, 4) is 0 Å². The second kappa shape index (κ2) is 9.63. The highest BCUT2D eigenvalue weighted by atomic mass is 35.5. The van der Waals surface area contributed by atoms with E-state index in [9.17, 15) is 18.5 Å². The Morgan fingerprint density at radius 2 is 1.77 bits per heavy atom. The molecule has 2 aromatic rings. The van der Waals surface area contributed by atoms with E-state index in [2.05, 4.69) is 0 Å². The highest BCUT2D eigenvalue weighted by Crippen LogP contribution is 2.25. The molecule has 0 aliphatic rings. The zero-order valence-electron chi connectivity index (χ0n) is 14.4. The molecule has 0 bridgehead atoms. The third kappa shape index (κ3) is 5.25. The van der Waals surface area contributed by atoms with Crippen molar-refractivity contribution in [2.75, 3.05) is 19.6 Å². The van der Waals surface area contributed by atoms with E-state index >= 15 is 0 Å². The Hall–Kier alpha value is -2.00. The summed E-state index contributed by atoms with van der Waals surface area (Å²) in [5, 5.41) is 11.0. The zero-order valence-corrected chi connectivity index (χ0v) is 16.0. The van der Waals surface area contributed by atoms with Crippen LogP contribution in [0.25, 0.3) is 0 Å². The molecule has 0 saturated heterocycles. The number of nitro benzene ring substituents is 1. The van der Waals surface area contributed by atoms with Gasteiger partial charge in [0, 0.05) is 31.8 Å². The van der Waals surface area contributed by atoms with Crippen LogP contribution in [0.15, 0.2) is 53.4 Å². The largest absolute Gasteiger partial charge is 0.329 e. The Labute approximate surface area is 159 Å². The molecule has 0 spiro atoms. The van der Waals surface area contributed by atoms with Gasteiger partial charge >= 0.3 is 0 Å². The van der Waals surface area contributed by atoms with Crippen LogP contribution in [0.4, 0.5) is 5.69 Å². The molecule has 0 heterocycles. The van der Waals surface area contributed by atoms with Gasteiger partial charge < -0.3 is 5.73 Å². The summed E-state index contributed by atoms with van der Waals surface area (Å²) >= 11 is 0. The molecule has 2 N–H and O–H groups in total. The van der Waals surface area contributed by atoms with Gasteiger partial charge in [0.15, 0.2) is 0 Å². The van der Waals surface area contributed by atoms with E-state index < -0.39 is 14.9 Å². The molecule has 9 heteroatoms. The van der Waals surface area contributed by atoms with Gasteiger partial charge in [-0.25, -0.2) is 8.42 Å². The molecule has 0 fully saturated rings. The molecule has 0 atom stereocenters. The summed E-state index contributed by atoms with van der Waals surface area (Å²) in [6.45, 7) is 2.19. The van der Waals surface area contributed by atoms with Crippen molar-refractivity contribution in [3.63, 3.8) is 0 Å². The van der Waals surface area contributed by atoms with E-state index in [1.807, 2.05) is 30.3 Å². The lowest BCUT2D eigenvalue weighted by atomic mass is 10.1. The van der Waals surface area contributed by atoms with E-state index in [1.165, 1.54) is 16.4 Å². The number of nitro groups is 1. The summed E-state index contributed by atoms with van der Waals surface area (Å²) in [5.74, 6) is 0. The van der Waals surface area contributed by atoms with Crippen LogP contribution in [0.5, 0.6) is 0 Å². The summed E-state index contributed by atoms with van der Waals surface area (Å²) in [6, 6.07) is 13.4. The van der Waals surface area contributed by atoms with Gasteiger partial charge in [0.25, 0.3) is 5.69 Å². The fraction of sp³-hybridized carbons (Fsp3) is 0.294. The molecule has 0 aromatic heterocycles. The second-order valence-corrected chi connectivity index (χ2v) is 7.54. The Kier molecular flexibility index (Phi) is 8.16. The Morgan fingerprint density at radius 3 is 2.35 bits per heavy atom. The van der Waals surface area contributed by atoms with E-state index in [0.29, 0.717) is 12.0 Å². The number of nitrogens with zero attached hydrogens (tertiary/aromatic N) is 2. The lowest BCUT2D eigenvalue weighted by Gasteiger charge is -2.22. The fourth-order valence-electron chi connectivity index (χ4n) is 2.51. The minimum Gasteiger partial charge on any atom is -0.329 e. The van der Waals surface area contributed by atoms with Crippen molar-refractivity contribution in [1.29, 1.82) is 0 Å². The Balaban J connectivity index is 0.00000338. The third-order valence-corrected chi connectivity index (χ3v) is 5.91. The first kappa shape index (κ1) is 22.0. The van der Waals surface area contributed by atoms with Crippen LogP contribution in [0.2, 0.25) is 0 Å². The van der Waals surface area contributed by atoms with E-state index in [-0.39, 0.29) is 42.6 Å². The summed E-state index contributed by atoms with van der Waals surface area (Å²) in [4.78, 5) is 10.3. The second-order valence-electron chi connectivity index (χ2n) is 5.64. The zero-order chi connectivity index (χ0) is 18.4. The van der Waals surface area contributed by atoms with Crippen molar-refractivity contribution in [3.05, 3.63) is 69.8 Å². The number of benzene rings is 2. The van der Waals surface area contributed by atoms with Gasteiger partial charge in [0.05, 0.1) is 9.82 Å². The molecule has 0 aliphatic heterocycles. The summed E-state index contributed by atoms with van der Waals surface area (Å²) < 4.78 is 27.3. The third-order valence-electron chi connectivity index (χ3n) is 3.87. The first-order valence-corrected chi connectivity index (χ1v) is 9.29. The number of aryl methyl sites for hydroxylation is 1. The maximum Gasteiger partial charge on any atom is 0.270 e. The van der Waals surface area contributed by atoms with Gasteiger partial charge in [0.1, 0.15) is 0 Å². The lowest BCUT2D eigenvalue weighted by Crippen LogP contribution is -2.37. The molecule has 26 heavy (non-hydrogen) atoms. The molecular weight excluding hydrogens is 378 g/mol. The molecule has 2 rings (SSSR count). The van der Waals surface area contributed by atoms with Crippen LogP contribution in [0.1, 0.15) is 11.1 Å². The number of halogens is 1. The van der Waals surface area contributed by atoms with E-state index in [0.717, 1.165) is 11.6 Å². The quantitative estimate of drug-likeness (QED) is 0.542. The maximum absolute atomic E-state index is 13.0. The van der Waals surface area contributed by atoms with Crippen LogP contribution >= 0.6 is 12.4 Å². The van der Waals surface area contributed by atoms with E-state index in [1.54, 1.807) is 6.92 Å². The molecule has 142 valence electrons. The number of non-ortho nitro benzene ring substituents is 1. The number of rotatable bonds is 8. The topological polar surface area (TPSA) is 107 Å². The molecule has 7 nitrogen and oxygen atoms in total. The van der Waals surface area contributed by atoms with Crippen molar-refractivity contribution in [1.82, 2.24) is 4.31 Å². The van der Waals surface area contributed by atoms with Gasteiger partial charge in [-0.3, -0.25) is 10.1 Å². The minimum atomic E-state index is -3.87. The maximum atomic E-state index is 13.0. The number of hydrogen-bond acceptors (Lipinski definition) is 5. The van der Waals surface area contributed by atoms with Crippen LogP contribution in [-0.4, -0.2) is 37.3 Å². The first-order valence-electron chi connectivity index (χ1n) is 7.85. The highest BCUT2D eigenvalue weighted by Gasteiger charge is 2.27. The monoisotopic (exact) mass is 399 g/mol. The number of nitrogens with two attached hydrogens (primary N) is 1. The standard InChI is InChI=1S/C17H21N3O4S.ClH/c1-14-7-8-16(20(21)22)13-17(14)25(23,24)19(12-10-18)11-9-15-5-3-2-4-6-15;/h2-8,13H,9-12,18H2,1H3;1H. The summed E-state index contributed by atoms with van der Waals surface area (Å²) in [7, 11) is -3.87. The summed E-state index contributed by atoms with van der Waals surface area (Å²) in [5.41, 5.74) is 6.80. The van der Waals surface area contributed by atoms with Crippen molar-refractivity contribution in [2.24, 2.45) is 5.73 Å². The minimum absolute atomic E-state index is 0. The predicted molar refractivity (Wildman–Crippen MR) is 103 cm³/mol. The Morgan fingerprint density at radius 1 is 1.12 bits per heavy atom. The molecule has 0 unspecified atom stereocenters. The van der Waals surface area contributed by atoms with Crippen molar-refractivity contribution < 1.29 is 13.3 Å². The van der Waals surface area contributed by atoms with Crippen LogP contribution in [-0.2, 0) is 16.4 Å². The van der Waals surface area contributed by atoms with Gasteiger partial charge in [-0.05, 0) is 24.5 Å². The predicted octanol–water partition coefficient (Wildman–Crippen LogP) is 2.52. The van der Waals surface area contributed by atoms with Crippen molar-refractivity contribution in [2.45, 2.75) is 18.2 Å². The molecule has 0 amide bonds. The number of sulfonamides is 1. The normalized spacial score (nSPS) is 11.2. The average Bonchev–Trinajstić information content (AvgIpc) is 2.59. The lowest BCUT2D eigenvalue weighted by molar-refractivity contribution is -0.385. The van der Waals surface area contributed by atoms with Gasteiger partial charge in [0.2, 0.25) is 10.0 Å². The molecule has 0 aliphatic carbocycles. The van der Waals surface area contributed by atoms with Crippen LogP contribution < -0.4 is 5.73 Å². The van der Waals surface area contributed by atoms with Gasteiger partial charge in [-0.15, -0.1) is 12.4 Å². The van der Waals surface area contributed by atoms with Crippen LogP contribution in [0.3, 0.4) is 0 Å². The molecule has 0 saturated carbocycles. The van der Waals surface area contributed by atoms with Gasteiger partial charge in [-0.2, -0.15) is 4.31 Å².